The Morgan fingerprint density at radius 3 is 2.35 bits per heavy atom. The highest BCUT2D eigenvalue weighted by molar-refractivity contribution is 5.79. The molecule has 5 nitrogen and oxygen atoms in total. The van der Waals surface area contributed by atoms with E-state index in [1.807, 2.05) is 29.2 Å². The van der Waals surface area contributed by atoms with Gasteiger partial charge in [-0.05, 0) is 54.2 Å². The van der Waals surface area contributed by atoms with Crippen molar-refractivity contribution in [3.05, 3.63) is 53.3 Å². The van der Waals surface area contributed by atoms with Gasteiger partial charge in [-0.2, -0.15) is 0 Å². The molecule has 0 fully saturated rings. The molecule has 1 amide bonds. The molecule has 0 N–H and O–H groups in total. The van der Waals surface area contributed by atoms with Crippen LogP contribution in [-0.4, -0.2) is 42.6 Å². The Morgan fingerprint density at radius 2 is 1.85 bits per heavy atom. The third kappa shape index (κ3) is 3.82. The number of nitrogens with zero attached hydrogens (tertiary/aromatic N) is 2. The van der Waals surface area contributed by atoms with E-state index in [1.54, 1.807) is 26.6 Å². The van der Waals surface area contributed by atoms with Crippen LogP contribution in [0.1, 0.15) is 30.0 Å². The van der Waals surface area contributed by atoms with Crippen molar-refractivity contribution in [1.82, 2.24) is 9.88 Å². The standard InChI is InChI=1S/C21H26N2O3/c1-4-8-23(21(24)9-15-6-5-7-22-14-15)18-10-16-12-19(25-2)20(26-3)13-17(16)11-18/h5-7,12-14,18H,4,8-11H2,1-3H3. The molecule has 0 bridgehead atoms. The monoisotopic (exact) mass is 354 g/mol. The molecule has 26 heavy (non-hydrogen) atoms. The Morgan fingerprint density at radius 1 is 1.19 bits per heavy atom. The van der Waals surface area contributed by atoms with Crippen molar-refractivity contribution in [3.8, 4) is 11.5 Å². The minimum atomic E-state index is 0.164. The summed E-state index contributed by atoms with van der Waals surface area (Å²) in [5.41, 5.74) is 3.43. The fourth-order valence-electron chi connectivity index (χ4n) is 3.67. The zero-order valence-electron chi connectivity index (χ0n) is 15.7. The van der Waals surface area contributed by atoms with Gasteiger partial charge in [-0.1, -0.05) is 13.0 Å². The summed E-state index contributed by atoms with van der Waals surface area (Å²) in [7, 11) is 3.30. The van der Waals surface area contributed by atoms with Crippen LogP contribution in [0.3, 0.4) is 0 Å². The lowest BCUT2D eigenvalue weighted by Crippen LogP contribution is -2.42. The first-order valence-electron chi connectivity index (χ1n) is 9.08. The molecule has 0 aliphatic heterocycles. The molecular weight excluding hydrogens is 328 g/mol. The summed E-state index contributed by atoms with van der Waals surface area (Å²) in [6.07, 6.45) is 6.54. The Labute approximate surface area is 155 Å². The molecule has 0 unspecified atom stereocenters. The fraction of sp³-hybridized carbons (Fsp3) is 0.429. The van der Waals surface area contributed by atoms with E-state index in [9.17, 15) is 4.79 Å². The number of amides is 1. The maximum absolute atomic E-state index is 12.9. The minimum absolute atomic E-state index is 0.164. The van der Waals surface area contributed by atoms with Gasteiger partial charge in [0.2, 0.25) is 5.91 Å². The van der Waals surface area contributed by atoms with Crippen molar-refractivity contribution in [3.63, 3.8) is 0 Å². The molecule has 1 aromatic heterocycles. The smallest absolute Gasteiger partial charge is 0.227 e. The van der Waals surface area contributed by atoms with Gasteiger partial charge in [-0.3, -0.25) is 9.78 Å². The third-order valence-electron chi connectivity index (χ3n) is 4.92. The fourth-order valence-corrected chi connectivity index (χ4v) is 3.67. The van der Waals surface area contributed by atoms with E-state index in [1.165, 1.54) is 11.1 Å². The van der Waals surface area contributed by atoms with E-state index in [0.717, 1.165) is 42.9 Å². The first-order valence-corrected chi connectivity index (χ1v) is 9.08. The molecule has 0 spiro atoms. The molecule has 3 rings (SSSR count). The Kier molecular flexibility index (Phi) is 5.76. The predicted molar refractivity (Wildman–Crippen MR) is 101 cm³/mol. The van der Waals surface area contributed by atoms with Crippen molar-refractivity contribution < 1.29 is 14.3 Å². The van der Waals surface area contributed by atoms with E-state index in [-0.39, 0.29) is 11.9 Å². The van der Waals surface area contributed by atoms with Crippen LogP contribution >= 0.6 is 0 Å². The Balaban J connectivity index is 1.77. The van der Waals surface area contributed by atoms with Crippen LogP contribution in [0.5, 0.6) is 11.5 Å². The van der Waals surface area contributed by atoms with Gasteiger partial charge in [-0.15, -0.1) is 0 Å². The Bertz CT molecular complexity index is 728. The number of hydrogen-bond donors (Lipinski definition) is 0. The number of rotatable bonds is 7. The van der Waals surface area contributed by atoms with E-state index in [0.29, 0.717) is 6.42 Å². The SMILES string of the molecule is CCCN(C(=O)Cc1cccnc1)C1Cc2cc(OC)c(OC)cc2C1. The van der Waals surface area contributed by atoms with Crippen LogP contribution in [0.4, 0.5) is 0 Å². The first kappa shape index (κ1) is 18.2. The molecule has 138 valence electrons. The lowest BCUT2D eigenvalue weighted by Gasteiger charge is -2.29. The molecule has 1 heterocycles. The average Bonchev–Trinajstić information content (AvgIpc) is 3.07. The predicted octanol–water partition coefficient (Wildman–Crippen LogP) is 3.05. The molecule has 1 aliphatic carbocycles. The molecule has 2 aromatic rings. The van der Waals surface area contributed by atoms with Crippen LogP contribution < -0.4 is 9.47 Å². The highest BCUT2D eigenvalue weighted by Gasteiger charge is 2.30. The van der Waals surface area contributed by atoms with E-state index < -0.39 is 0 Å². The second kappa shape index (κ2) is 8.21. The number of hydrogen-bond acceptors (Lipinski definition) is 4. The molecule has 0 saturated carbocycles. The number of carbonyl (C=O) groups is 1. The molecule has 5 heteroatoms. The van der Waals surface area contributed by atoms with Crippen molar-refractivity contribution in [2.24, 2.45) is 0 Å². The maximum atomic E-state index is 12.9. The summed E-state index contributed by atoms with van der Waals surface area (Å²) in [4.78, 5) is 19.1. The van der Waals surface area contributed by atoms with Crippen LogP contribution in [0, 0.1) is 0 Å². The molecule has 1 aromatic carbocycles. The van der Waals surface area contributed by atoms with E-state index in [4.69, 9.17) is 9.47 Å². The van der Waals surface area contributed by atoms with Gasteiger partial charge in [0.1, 0.15) is 0 Å². The van der Waals surface area contributed by atoms with Gasteiger partial charge >= 0.3 is 0 Å². The molecule has 0 atom stereocenters. The van der Waals surface area contributed by atoms with Crippen molar-refractivity contribution >= 4 is 5.91 Å². The van der Waals surface area contributed by atoms with Crippen LogP contribution in [-0.2, 0) is 24.1 Å². The van der Waals surface area contributed by atoms with Gasteiger partial charge in [0.25, 0.3) is 0 Å². The summed E-state index contributed by atoms with van der Waals surface area (Å²) in [5, 5.41) is 0. The molecule has 1 aliphatic rings. The topological polar surface area (TPSA) is 51.7 Å². The van der Waals surface area contributed by atoms with Gasteiger partial charge in [0.05, 0.1) is 20.6 Å². The zero-order valence-corrected chi connectivity index (χ0v) is 15.7. The Hall–Kier alpha value is -2.56. The zero-order chi connectivity index (χ0) is 18.5. The van der Waals surface area contributed by atoms with Gasteiger partial charge in [-0.25, -0.2) is 0 Å². The number of carbonyl (C=O) groups excluding carboxylic acids is 1. The second-order valence-corrected chi connectivity index (χ2v) is 6.66. The van der Waals surface area contributed by atoms with Crippen molar-refractivity contribution in [1.29, 1.82) is 0 Å². The number of benzene rings is 1. The van der Waals surface area contributed by atoms with E-state index >= 15 is 0 Å². The molecule has 0 saturated heterocycles. The van der Waals surface area contributed by atoms with Crippen LogP contribution in [0.25, 0.3) is 0 Å². The lowest BCUT2D eigenvalue weighted by molar-refractivity contribution is -0.132. The number of fused-ring (bicyclic) bond motifs is 1. The number of pyridine rings is 1. The summed E-state index contributed by atoms with van der Waals surface area (Å²) >= 11 is 0. The maximum Gasteiger partial charge on any atom is 0.227 e. The first-order chi connectivity index (χ1) is 12.7. The number of methoxy groups -OCH3 is 2. The van der Waals surface area contributed by atoms with Gasteiger partial charge in [0.15, 0.2) is 11.5 Å². The average molecular weight is 354 g/mol. The van der Waals surface area contributed by atoms with Gasteiger partial charge in [0, 0.05) is 25.0 Å². The number of aromatic nitrogens is 1. The number of ether oxygens (including phenoxy) is 2. The van der Waals surface area contributed by atoms with Crippen molar-refractivity contribution in [2.45, 2.75) is 38.6 Å². The highest BCUT2D eigenvalue weighted by atomic mass is 16.5. The summed E-state index contributed by atoms with van der Waals surface area (Å²) in [6.45, 7) is 2.88. The van der Waals surface area contributed by atoms with Crippen LogP contribution in [0.2, 0.25) is 0 Å². The molecule has 0 radical (unpaired) electrons. The lowest BCUT2D eigenvalue weighted by atomic mass is 10.1. The van der Waals surface area contributed by atoms with Gasteiger partial charge < -0.3 is 14.4 Å². The van der Waals surface area contributed by atoms with Crippen molar-refractivity contribution in [2.75, 3.05) is 20.8 Å². The normalized spacial score (nSPS) is 13.3. The largest absolute Gasteiger partial charge is 0.493 e. The summed E-state index contributed by atoms with van der Waals surface area (Å²) in [6, 6.07) is 8.10. The quantitative estimate of drug-likeness (QED) is 0.767. The third-order valence-corrected chi connectivity index (χ3v) is 4.92. The summed E-state index contributed by atoms with van der Waals surface area (Å²) in [5.74, 6) is 1.66. The van der Waals surface area contributed by atoms with E-state index in [2.05, 4.69) is 11.9 Å². The minimum Gasteiger partial charge on any atom is -0.493 e. The highest BCUT2D eigenvalue weighted by Crippen LogP contribution is 2.36. The van der Waals surface area contributed by atoms with Crippen LogP contribution in [0.15, 0.2) is 36.7 Å². The summed E-state index contributed by atoms with van der Waals surface area (Å²) < 4.78 is 10.8. The second-order valence-electron chi connectivity index (χ2n) is 6.66. The molecular formula is C21H26N2O3.